The van der Waals surface area contributed by atoms with Crippen molar-refractivity contribution < 1.29 is 23.0 Å². The summed E-state index contributed by atoms with van der Waals surface area (Å²) in [6, 6.07) is 8.06. The first-order valence-corrected chi connectivity index (χ1v) is 7.13. The monoisotopic (exact) mass is 271 g/mol. The van der Waals surface area contributed by atoms with Crippen LogP contribution in [0.2, 0.25) is 0 Å². The molecule has 1 heterocycles. The van der Waals surface area contributed by atoms with E-state index in [1.165, 1.54) is 12.5 Å². The summed E-state index contributed by atoms with van der Waals surface area (Å²) in [5, 5.41) is -0.719. The van der Waals surface area contributed by atoms with Crippen LogP contribution in [-0.4, -0.2) is 41.0 Å². The molecule has 0 saturated carbocycles. The molecule has 1 aromatic rings. The molecule has 1 aliphatic rings. The van der Waals surface area contributed by atoms with Gasteiger partial charge in [-0.1, -0.05) is 18.2 Å². The van der Waals surface area contributed by atoms with Gasteiger partial charge in [-0.15, -0.1) is 0 Å². The van der Waals surface area contributed by atoms with E-state index in [1.54, 1.807) is 0 Å². The topological polar surface area (TPSA) is 87.4 Å². The Bertz CT molecular complexity index is 551. The fourth-order valence-electron chi connectivity index (χ4n) is 1.95. The summed E-state index contributed by atoms with van der Waals surface area (Å²) in [7, 11) is -3.91. The van der Waals surface area contributed by atoms with Gasteiger partial charge in [-0.05, 0) is 6.92 Å². The van der Waals surface area contributed by atoms with Crippen molar-refractivity contribution in [1.29, 1.82) is 0 Å². The molecule has 2 N–H and O–H groups in total. The highest BCUT2D eigenvalue weighted by Crippen LogP contribution is 2.23. The van der Waals surface area contributed by atoms with Gasteiger partial charge in [0, 0.05) is 18.1 Å². The molecule has 6 heteroatoms. The second kappa shape index (κ2) is 5.60. The quantitative estimate of drug-likeness (QED) is 0.663. The smallest absolute Gasteiger partial charge is 0.267 e. The van der Waals surface area contributed by atoms with Crippen LogP contribution in [0.4, 0.5) is 5.69 Å². The minimum atomic E-state index is -3.91. The molecular formula is C12H17NO4S. The van der Waals surface area contributed by atoms with E-state index >= 15 is 0 Å². The van der Waals surface area contributed by atoms with Crippen LogP contribution >= 0.6 is 0 Å². The Morgan fingerprint density at radius 1 is 1.39 bits per heavy atom. The van der Waals surface area contributed by atoms with E-state index in [9.17, 15) is 8.42 Å². The molecular weight excluding hydrogens is 254 g/mol. The largest absolute Gasteiger partial charge is 0.870 e. The Balaban J connectivity index is 0.00000162. The summed E-state index contributed by atoms with van der Waals surface area (Å²) in [6.45, 7) is 2.13. The first kappa shape index (κ1) is 14.8. The Kier molecular flexibility index (Phi) is 4.61. The number of fused-ring (bicyclic) bond motifs is 1. The number of rotatable bonds is 4. The van der Waals surface area contributed by atoms with Crippen LogP contribution in [0.25, 0.3) is 0 Å². The third-order valence-corrected chi connectivity index (χ3v) is 4.37. The maximum atomic E-state index is 10.9. The van der Waals surface area contributed by atoms with Gasteiger partial charge >= 0.3 is 0 Å². The molecule has 1 aliphatic heterocycles. The zero-order valence-corrected chi connectivity index (χ0v) is 11.0. The van der Waals surface area contributed by atoms with E-state index in [0.717, 1.165) is 12.1 Å². The van der Waals surface area contributed by atoms with Gasteiger partial charge in [0.15, 0.2) is 0 Å². The molecule has 18 heavy (non-hydrogen) atoms. The zero-order chi connectivity index (χ0) is 12.5. The fraction of sp³-hybridized carbons (Fsp3) is 0.417. The summed E-state index contributed by atoms with van der Waals surface area (Å²) in [5.74, 6) is 0. The molecule has 0 aromatic heterocycles. The van der Waals surface area contributed by atoms with Gasteiger partial charge in [-0.2, -0.15) is 8.42 Å². The van der Waals surface area contributed by atoms with Crippen molar-refractivity contribution in [3.63, 3.8) is 0 Å². The van der Waals surface area contributed by atoms with E-state index in [0.29, 0.717) is 13.0 Å². The van der Waals surface area contributed by atoms with Gasteiger partial charge in [0.2, 0.25) is 5.69 Å². The second-order valence-corrected chi connectivity index (χ2v) is 6.16. The Morgan fingerprint density at radius 3 is 2.72 bits per heavy atom. The van der Waals surface area contributed by atoms with Crippen molar-refractivity contribution in [3.05, 3.63) is 29.8 Å². The lowest BCUT2D eigenvalue weighted by Gasteiger charge is -2.06. The molecule has 0 fully saturated rings. The summed E-state index contributed by atoms with van der Waals surface area (Å²) in [5.41, 5.74) is 2.39. The number of benzene rings is 1. The Morgan fingerprint density at radius 2 is 2.06 bits per heavy atom. The standard InChI is InChI=1S/C12H15NO3S.H2O/c1-10(17(14,15)16)6-8-13-9-7-11-4-2-3-5-12(11)13;/h2-5,9-10H,6-8H2,1H3;1H2. The first-order valence-electron chi connectivity index (χ1n) is 5.62. The van der Waals surface area contributed by atoms with Crippen LogP contribution in [0, 0.1) is 0 Å². The maximum Gasteiger partial charge on any atom is 0.267 e. The van der Waals surface area contributed by atoms with Gasteiger partial charge in [0.1, 0.15) is 12.8 Å². The Hall–Kier alpha value is -1.24. The van der Waals surface area contributed by atoms with E-state index in [4.69, 9.17) is 4.55 Å². The minimum Gasteiger partial charge on any atom is -0.870 e. The molecule has 0 amide bonds. The molecule has 1 aromatic carbocycles. The Labute approximate surface area is 107 Å². The summed E-state index contributed by atoms with van der Waals surface area (Å²) >= 11 is 0. The fourth-order valence-corrected chi connectivity index (χ4v) is 2.36. The third kappa shape index (κ3) is 3.16. The lowest BCUT2D eigenvalue weighted by atomic mass is 10.1. The second-order valence-electron chi connectivity index (χ2n) is 4.32. The van der Waals surface area contributed by atoms with E-state index in [-0.39, 0.29) is 5.48 Å². The molecule has 1 atom stereocenters. The molecule has 0 bridgehead atoms. The van der Waals surface area contributed by atoms with Crippen LogP contribution in [0.3, 0.4) is 0 Å². The van der Waals surface area contributed by atoms with Crippen molar-refractivity contribution in [1.82, 2.24) is 0 Å². The predicted molar refractivity (Wildman–Crippen MR) is 68.6 cm³/mol. The minimum absolute atomic E-state index is 0. The van der Waals surface area contributed by atoms with Crippen LogP contribution in [0.15, 0.2) is 24.3 Å². The molecule has 0 spiro atoms. The molecule has 2 rings (SSSR count). The molecule has 100 valence electrons. The number of nitrogens with zero attached hydrogens (tertiary/aromatic N) is 1. The van der Waals surface area contributed by atoms with Crippen LogP contribution < -0.4 is 0 Å². The van der Waals surface area contributed by atoms with Crippen molar-refractivity contribution >= 4 is 22.0 Å². The van der Waals surface area contributed by atoms with Crippen molar-refractivity contribution in [2.45, 2.75) is 25.0 Å². The van der Waals surface area contributed by atoms with E-state index < -0.39 is 15.4 Å². The van der Waals surface area contributed by atoms with Crippen molar-refractivity contribution in [3.8, 4) is 0 Å². The van der Waals surface area contributed by atoms with Gasteiger partial charge < -0.3 is 5.48 Å². The summed E-state index contributed by atoms with van der Waals surface area (Å²) in [4.78, 5) is 0. The molecule has 0 radical (unpaired) electrons. The van der Waals surface area contributed by atoms with Crippen LogP contribution in [0.1, 0.15) is 18.9 Å². The van der Waals surface area contributed by atoms with Crippen molar-refractivity contribution in [2.24, 2.45) is 0 Å². The third-order valence-electron chi connectivity index (χ3n) is 3.12. The van der Waals surface area contributed by atoms with Crippen molar-refractivity contribution in [2.75, 3.05) is 6.54 Å². The lowest BCUT2D eigenvalue weighted by Crippen LogP contribution is -2.20. The number of hydrogen-bond acceptors (Lipinski definition) is 3. The van der Waals surface area contributed by atoms with Crippen LogP contribution in [-0.2, 0) is 16.5 Å². The van der Waals surface area contributed by atoms with Gasteiger partial charge in [-0.25, -0.2) is 4.58 Å². The lowest BCUT2D eigenvalue weighted by molar-refractivity contribution is -0.433. The predicted octanol–water partition coefficient (Wildman–Crippen LogP) is 1.45. The zero-order valence-electron chi connectivity index (χ0n) is 10.2. The number of hydrogen-bond donors (Lipinski definition) is 1. The first-order chi connectivity index (χ1) is 7.98. The SMILES string of the molecule is CC(CC[N+]1=CCc2ccccc21)S(=O)(=O)O.[OH-]. The van der Waals surface area contributed by atoms with Gasteiger partial charge in [-0.3, -0.25) is 4.55 Å². The molecule has 5 nitrogen and oxygen atoms in total. The maximum absolute atomic E-state index is 10.9. The highest BCUT2D eigenvalue weighted by Gasteiger charge is 2.24. The highest BCUT2D eigenvalue weighted by atomic mass is 32.2. The molecule has 0 saturated heterocycles. The molecule has 1 unspecified atom stereocenters. The van der Waals surface area contributed by atoms with E-state index in [1.807, 2.05) is 18.2 Å². The average Bonchev–Trinajstić information content (AvgIpc) is 2.68. The van der Waals surface area contributed by atoms with E-state index in [2.05, 4.69) is 16.9 Å². The average molecular weight is 271 g/mol. The van der Waals surface area contributed by atoms with Crippen LogP contribution in [0.5, 0.6) is 0 Å². The molecule has 0 aliphatic carbocycles. The summed E-state index contributed by atoms with van der Waals surface area (Å²) < 4.78 is 32.8. The normalized spacial score (nSPS) is 15.6. The van der Waals surface area contributed by atoms with Gasteiger partial charge in [0.05, 0.1) is 11.7 Å². The number of para-hydroxylation sites is 1. The highest BCUT2D eigenvalue weighted by molar-refractivity contribution is 7.86. The summed E-state index contributed by atoms with van der Waals surface area (Å²) in [6.07, 6.45) is 3.36. The van der Waals surface area contributed by atoms with Gasteiger partial charge in [0.25, 0.3) is 10.1 Å².